The van der Waals surface area contributed by atoms with Crippen molar-refractivity contribution in [2.24, 2.45) is 0 Å². The quantitative estimate of drug-likeness (QED) is 0.0701. The third-order valence-electron chi connectivity index (χ3n) is 14.9. The Morgan fingerprint density at radius 2 is 0.789 bits per heavy atom. The van der Waals surface area contributed by atoms with Gasteiger partial charge in [0.15, 0.2) is 5.65 Å². The summed E-state index contributed by atoms with van der Waals surface area (Å²) in [5, 5.41) is 36.7. The number of fused-ring (bicyclic) bond motifs is 4. The molecule has 12 aromatic rings. The van der Waals surface area contributed by atoms with E-state index >= 15 is 0 Å². The van der Waals surface area contributed by atoms with Crippen molar-refractivity contribution in [3.63, 3.8) is 0 Å². The number of aryl methyl sites for hydroxylation is 4. The van der Waals surface area contributed by atoms with Gasteiger partial charge in [0.25, 0.3) is 0 Å². The molecule has 0 saturated carbocycles. The molecule has 0 bridgehead atoms. The second-order valence-corrected chi connectivity index (χ2v) is 28.8. The van der Waals surface area contributed by atoms with Crippen LogP contribution in [-0.4, -0.2) is 136 Å². The summed E-state index contributed by atoms with van der Waals surface area (Å²) < 4.78 is 426. The van der Waals surface area contributed by atoms with Crippen LogP contribution in [0.25, 0.3) is 40.9 Å². The van der Waals surface area contributed by atoms with E-state index in [-0.39, 0.29) is 136 Å². The van der Waals surface area contributed by atoms with Gasteiger partial charge in [0.2, 0.25) is 0 Å². The van der Waals surface area contributed by atoms with E-state index in [2.05, 4.69) is 39.9 Å². The summed E-state index contributed by atoms with van der Waals surface area (Å²) in [5.74, 6) is -3.37. The van der Waals surface area contributed by atoms with Crippen molar-refractivity contribution in [1.82, 2.24) is 59.5 Å². The summed E-state index contributed by atoms with van der Waals surface area (Å²) in [6.45, 7) is -27.4. The number of aromatic nitrogens is 8. The average Bonchev–Trinajstić information content (AvgIpc) is 1.01. The lowest BCUT2D eigenvalue weighted by molar-refractivity contribution is 0.211. The van der Waals surface area contributed by atoms with Gasteiger partial charge in [-0.3, -0.25) is 19.6 Å². The van der Waals surface area contributed by atoms with Crippen molar-refractivity contribution in [1.29, 1.82) is 21.0 Å². The highest BCUT2D eigenvalue weighted by Gasteiger charge is 2.27. The fourth-order valence-corrected chi connectivity index (χ4v) is 13.5. The van der Waals surface area contributed by atoms with E-state index in [1.165, 1.54) is 44.2 Å². The van der Waals surface area contributed by atoms with E-state index in [1.807, 2.05) is 12.1 Å². The van der Waals surface area contributed by atoms with Crippen molar-refractivity contribution in [2.45, 2.75) is 129 Å². The second-order valence-electron chi connectivity index (χ2n) is 22.4. The lowest BCUT2D eigenvalue weighted by atomic mass is 10.0. The molecule has 0 radical (unpaired) electrons. The van der Waals surface area contributed by atoms with E-state index < -0.39 is 241 Å². The van der Waals surface area contributed by atoms with Gasteiger partial charge in [-0.05, 0) is 172 Å². The molecule has 0 amide bonds. The van der Waals surface area contributed by atoms with E-state index in [9.17, 15) is 25.4 Å². The van der Waals surface area contributed by atoms with Crippen LogP contribution in [0.2, 0.25) is 23.0 Å². The number of likely N-dealkylation sites (tertiary alicyclic amines) is 4. The first-order valence-electron chi connectivity index (χ1n) is 55.1. The highest BCUT2D eigenvalue weighted by Crippen LogP contribution is 2.37. The highest BCUT2D eigenvalue weighted by molar-refractivity contribution is 7.23. The number of nitrogens with zero attached hydrogens (tertiary/aromatic N) is 16. The third kappa shape index (κ3) is 20.4. The average molecular weight is 1660 g/mol. The minimum absolute atomic E-state index is 0.0183. The van der Waals surface area contributed by atoms with Gasteiger partial charge in [0, 0.05) is 145 Å². The molecule has 4 fully saturated rings. The maximum atomic E-state index is 14.1. The predicted molar refractivity (Wildman–Crippen MR) is 441 cm³/mol. The summed E-state index contributed by atoms with van der Waals surface area (Å²) in [6.07, 6.45) is -25.8. The largest absolute Gasteiger partial charge is 0.367 e. The van der Waals surface area contributed by atoms with Crippen LogP contribution in [0, 0.1) is 78.8 Å². The van der Waals surface area contributed by atoms with Crippen LogP contribution in [0.15, 0.2) is 116 Å². The number of piperidine rings is 4. The molecule has 4 aliphatic rings. The fraction of sp³-hybridized carbons (Fsp3) is 0.350. The van der Waals surface area contributed by atoms with Crippen LogP contribution >= 0.6 is 91.8 Å². The molecule has 8 aromatic heterocycles. The first kappa shape index (κ1) is 38.4. The normalized spacial score (nSPS) is 29.5. The number of hydrogen-bond donors (Lipinski definition) is 4. The molecular weight excluding hydrogens is 1530 g/mol. The topological polar surface area (TPSA) is 259 Å². The molecule has 12 heterocycles. The van der Waals surface area contributed by atoms with Gasteiger partial charge < -0.3 is 21.2 Å². The number of anilines is 4. The molecule has 4 aliphatic heterocycles. The van der Waals surface area contributed by atoms with Crippen molar-refractivity contribution in [2.75, 3.05) is 73.3 Å². The summed E-state index contributed by atoms with van der Waals surface area (Å²) in [5.41, 5.74) is -0.235. The smallest absolute Gasteiger partial charge is 0.162 e. The molecule has 4 saturated heterocycles. The van der Waals surface area contributed by atoms with Gasteiger partial charge in [-0.15, -0.1) is 45.3 Å². The Labute approximate surface area is 736 Å². The Morgan fingerprint density at radius 3 is 1.18 bits per heavy atom. The van der Waals surface area contributed by atoms with E-state index in [4.69, 9.17) is 112 Å². The maximum Gasteiger partial charge on any atom is 0.162 e. The first-order chi connectivity index (χ1) is 71.5. The molecule has 0 spiro atoms. The van der Waals surface area contributed by atoms with Gasteiger partial charge in [0.1, 0.15) is 85.2 Å². The van der Waals surface area contributed by atoms with Gasteiger partial charge in [-0.2, -0.15) is 21.0 Å². The van der Waals surface area contributed by atoms with Gasteiger partial charge in [-0.25, -0.2) is 44.3 Å². The van der Waals surface area contributed by atoms with E-state index in [0.717, 1.165) is 57.9 Å². The molecule has 0 aliphatic carbocycles. The molecule has 20 nitrogen and oxygen atoms in total. The second kappa shape index (κ2) is 36.8. The SMILES string of the molecule is [2H]c1nc(N([2H])C2([2H])C([2H])([2H])C([2H])([2H])N(C([2H])([2H])c3cc(C#N)c(C)cc3[2H])C([2H])([2H])C2([2H])[2H])c2c([2H])c(Cl)sc2n1.[2H]c1nc(N([2H])C2([2H])C([2H])([2H])C([2H])([2H])N(C([2H])([2H])c3ccc(C)c(C#N)c3)C([2H])([2H])C2([2H])[2H])c2c([2H])c(Cl)sc2n1.[2H]c1nc(N([2H])C2([2H])C([2H])([2H])CN(C([2H])c3cc(C)c(F)c(C#N)c3)CC2([2H])[2H])c2c([2H])c(Cl)sc2n1.[2H]c1nc(N([2H])C2([2H])CC([2H])([2H])N(C([2H])([2H])c3ccc(C)c(C#N)c3)C([2H])([2H])C2)c2c([2H])c(Cl)sc2n1. The molecule has 29 heteroatoms. The summed E-state index contributed by atoms with van der Waals surface area (Å²) in [6, 6.07) is 3.97. The van der Waals surface area contributed by atoms with Crippen molar-refractivity contribution < 1.29 is 70.4 Å². The standard InChI is InChI=1S/C20H19ClFN5S.3C20H20ClN5S/c1-12-6-13(7-14(9-23)18(12)22)10-27-4-2-15(3-5-27)26-19-16-8-17(21)28-20(16)25-11-24-19;3*1-13-2-3-14(8-15(13)10-22)11-26-6-4-16(5-7-26)25-19-17-9-18(21)27-20(17)24-12-23-19/h6-8,11,15H,2-5,10H2,1H3,(H,24,25,26);3*2-3,8-9,12,16H,4-7,11H2,1H3,(H,23,24,25)/i2D2,3D2,8D,10D,11D,15D;3D,4D2,5D2,6D2,7D2,9D,11D2,12D,16D;4D2,5D2,6D2,7D2,9D,11D2,12D,16D;6D2,7D2,9D,11D2,12D,16D/hD4. The summed E-state index contributed by atoms with van der Waals surface area (Å²) in [4.78, 5) is 31.0. The lowest BCUT2D eigenvalue weighted by Crippen LogP contribution is -2.38. The minimum atomic E-state index is -3.99. The number of nitrogens with one attached hydrogen (secondary N) is 4. The molecule has 4 N–H and O–H groups in total. The first-order valence-corrected chi connectivity index (χ1v) is 36.0. The molecule has 109 heavy (non-hydrogen) atoms. The molecule has 1 atom stereocenters. The summed E-state index contributed by atoms with van der Waals surface area (Å²) >= 11 is 27.2. The fourth-order valence-electron chi connectivity index (χ4n) is 9.61. The van der Waals surface area contributed by atoms with Crippen LogP contribution in [0.3, 0.4) is 0 Å². The van der Waals surface area contributed by atoms with Crippen LogP contribution in [-0.2, 0) is 26.0 Å². The molecule has 16 rings (SSSR count). The number of benzene rings is 4. The maximum absolute atomic E-state index is 14.1. The van der Waals surface area contributed by atoms with Crippen LogP contribution in [0.4, 0.5) is 27.7 Å². The van der Waals surface area contributed by atoms with Crippen LogP contribution < -0.4 is 21.2 Å². The Bertz CT molecular complexity index is 7870. The number of nitriles is 4. The van der Waals surface area contributed by atoms with Crippen molar-refractivity contribution in [3.05, 3.63) is 206 Å². The Kier molecular flexibility index (Phi) is 12.9. The van der Waals surface area contributed by atoms with Crippen molar-refractivity contribution >= 4 is 156 Å². The van der Waals surface area contributed by atoms with Crippen molar-refractivity contribution in [3.8, 4) is 24.3 Å². The van der Waals surface area contributed by atoms with E-state index in [0.29, 0.717) is 44.0 Å². The number of hydrogen-bond acceptors (Lipinski definition) is 24. The predicted octanol–water partition coefficient (Wildman–Crippen LogP) is 18.5. The zero-order valence-corrected chi connectivity index (χ0v) is 62.4. The summed E-state index contributed by atoms with van der Waals surface area (Å²) in [7, 11) is 0. The third-order valence-corrected chi connectivity index (χ3v) is 19.3. The highest BCUT2D eigenvalue weighted by atomic mass is 35.5. The molecule has 4 aromatic carbocycles. The van der Waals surface area contributed by atoms with Crippen LogP contribution in [0.5, 0.6) is 0 Å². The zero-order valence-electron chi connectivity index (χ0n) is 104. The molecule has 1 unspecified atom stereocenters. The number of halogens is 5. The van der Waals surface area contributed by atoms with Gasteiger partial charge in [0.05, 0.1) is 91.7 Å². The molecule has 558 valence electrons. The molecular formula is C80H79Cl4FN20S4. The minimum Gasteiger partial charge on any atom is -0.367 e. The monoisotopic (exact) mass is 1650 g/mol. The Balaban J connectivity index is 0.000000174. The Hall–Kier alpha value is -8.87. The lowest BCUT2D eigenvalue weighted by Gasteiger charge is -2.32. The van der Waals surface area contributed by atoms with E-state index in [1.54, 1.807) is 26.0 Å². The number of rotatable bonds is 16. The van der Waals surface area contributed by atoms with Gasteiger partial charge >= 0.3 is 0 Å². The zero-order chi connectivity index (χ0) is 119. The van der Waals surface area contributed by atoms with Crippen LogP contribution in [0.1, 0.15) is 178 Å². The van der Waals surface area contributed by atoms with Gasteiger partial charge in [-0.1, -0.05) is 88.8 Å². The Morgan fingerprint density at radius 1 is 0.450 bits per heavy atom. The number of thiophene rings is 4.